The lowest BCUT2D eigenvalue weighted by Gasteiger charge is -2.23. The fourth-order valence-electron chi connectivity index (χ4n) is 3.10. The first kappa shape index (κ1) is 20.8. The van der Waals surface area contributed by atoms with Crippen LogP contribution in [0.5, 0.6) is 17.4 Å². The van der Waals surface area contributed by atoms with E-state index >= 15 is 0 Å². The average molecular weight is 415 g/mol. The van der Waals surface area contributed by atoms with Gasteiger partial charge in [0.1, 0.15) is 18.0 Å². The van der Waals surface area contributed by atoms with Crippen molar-refractivity contribution in [1.29, 1.82) is 0 Å². The van der Waals surface area contributed by atoms with Gasteiger partial charge in [-0.05, 0) is 29.3 Å². The van der Waals surface area contributed by atoms with Crippen molar-refractivity contribution in [2.75, 3.05) is 6.54 Å². The first-order chi connectivity index (χ1) is 13.6. The normalized spacial score (nSPS) is 22.0. The van der Waals surface area contributed by atoms with Crippen molar-refractivity contribution in [3.05, 3.63) is 47.2 Å². The van der Waals surface area contributed by atoms with E-state index in [1.54, 1.807) is 0 Å². The van der Waals surface area contributed by atoms with Crippen molar-refractivity contribution >= 4 is 6.41 Å². The molecule has 156 valence electrons. The molecule has 2 aromatic rings. The SMILES string of the molecule is NCc1cc(Oc2cc(C3C(O)C(F)CN3C=O)ccc2O)nc(C(F)(F)F)c1. The summed E-state index contributed by atoms with van der Waals surface area (Å²) in [6.45, 7) is -0.518. The molecule has 3 unspecified atom stereocenters. The largest absolute Gasteiger partial charge is 0.504 e. The van der Waals surface area contributed by atoms with E-state index in [4.69, 9.17) is 10.5 Å². The zero-order valence-electron chi connectivity index (χ0n) is 14.8. The van der Waals surface area contributed by atoms with Gasteiger partial charge in [-0.25, -0.2) is 9.37 Å². The van der Waals surface area contributed by atoms with E-state index in [0.29, 0.717) is 6.41 Å². The van der Waals surface area contributed by atoms with Gasteiger partial charge in [-0.15, -0.1) is 0 Å². The van der Waals surface area contributed by atoms with Crippen LogP contribution in [0.3, 0.4) is 0 Å². The molecule has 1 aliphatic heterocycles. The standard InChI is InChI=1S/C18H17F4N3O4/c19-11-7-25(8-26)16(17(11)28)10-1-2-12(27)13(5-10)29-15-4-9(6-23)3-14(24-15)18(20,21)22/h1-5,8,11,16-17,27-28H,6-7,23H2. The molecule has 2 heterocycles. The molecule has 3 rings (SSSR count). The summed E-state index contributed by atoms with van der Waals surface area (Å²) >= 11 is 0. The lowest BCUT2D eigenvalue weighted by atomic mass is 10.0. The summed E-state index contributed by atoms with van der Waals surface area (Å²) in [5.74, 6) is -1.17. The third-order valence-electron chi connectivity index (χ3n) is 4.50. The number of aliphatic hydroxyl groups excluding tert-OH is 1. The van der Waals surface area contributed by atoms with Gasteiger partial charge < -0.3 is 25.6 Å². The van der Waals surface area contributed by atoms with Crippen LogP contribution in [0.2, 0.25) is 0 Å². The van der Waals surface area contributed by atoms with Crippen molar-refractivity contribution in [3.8, 4) is 17.4 Å². The smallest absolute Gasteiger partial charge is 0.433 e. The highest BCUT2D eigenvalue weighted by molar-refractivity contribution is 5.52. The Bertz CT molecular complexity index is 909. The van der Waals surface area contributed by atoms with Crippen LogP contribution in [0.4, 0.5) is 17.6 Å². The van der Waals surface area contributed by atoms with Crippen molar-refractivity contribution in [2.24, 2.45) is 5.73 Å². The Morgan fingerprint density at radius 3 is 2.66 bits per heavy atom. The number of benzene rings is 1. The molecule has 11 heteroatoms. The van der Waals surface area contributed by atoms with E-state index < -0.39 is 41.8 Å². The molecular weight excluding hydrogens is 398 g/mol. The minimum atomic E-state index is -4.73. The number of likely N-dealkylation sites (tertiary alicyclic amines) is 1. The monoisotopic (exact) mass is 415 g/mol. The maximum atomic E-state index is 13.8. The number of rotatable bonds is 5. The van der Waals surface area contributed by atoms with E-state index in [0.717, 1.165) is 17.0 Å². The number of nitrogens with zero attached hydrogens (tertiary/aromatic N) is 2. The number of carbonyl (C=O) groups excluding carboxylic acids is 1. The third kappa shape index (κ3) is 4.25. The first-order valence-electron chi connectivity index (χ1n) is 8.46. The second-order valence-electron chi connectivity index (χ2n) is 6.48. The number of alkyl halides is 4. The molecule has 0 aliphatic carbocycles. The van der Waals surface area contributed by atoms with E-state index in [2.05, 4.69) is 4.98 Å². The molecule has 0 bridgehead atoms. The Morgan fingerprint density at radius 2 is 2.03 bits per heavy atom. The average Bonchev–Trinajstić information content (AvgIpc) is 2.96. The van der Waals surface area contributed by atoms with Crippen molar-refractivity contribution < 1.29 is 37.3 Å². The summed E-state index contributed by atoms with van der Waals surface area (Å²) in [6, 6.07) is 4.61. The summed E-state index contributed by atoms with van der Waals surface area (Å²) in [5, 5.41) is 20.0. The number of nitrogens with two attached hydrogens (primary N) is 1. The number of aliphatic hydroxyl groups is 1. The lowest BCUT2D eigenvalue weighted by molar-refractivity contribution is -0.141. The molecule has 29 heavy (non-hydrogen) atoms. The zero-order chi connectivity index (χ0) is 21.3. The van der Waals surface area contributed by atoms with Gasteiger partial charge in [0.25, 0.3) is 0 Å². The fraction of sp³-hybridized carbons (Fsp3) is 0.333. The number of hydrogen-bond donors (Lipinski definition) is 3. The summed E-state index contributed by atoms with van der Waals surface area (Å²) in [5.41, 5.74) is 4.53. The predicted octanol–water partition coefficient (Wildman–Crippen LogP) is 2.27. The van der Waals surface area contributed by atoms with Crippen LogP contribution in [-0.2, 0) is 17.5 Å². The molecule has 3 atom stereocenters. The molecule has 1 amide bonds. The highest BCUT2D eigenvalue weighted by Crippen LogP contribution is 2.39. The summed E-state index contributed by atoms with van der Waals surface area (Å²) in [4.78, 5) is 15.6. The van der Waals surface area contributed by atoms with Gasteiger partial charge in [0.15, 0.2) is 11.5 Å². The number of carbonyl (C=O) groups is 1. The lowest BCUT2D eigenvalue weighted by Crippen LogP contribution is -2.26. The summed E-state index contributed by atoms with van der Waals surface area (Å²) in [6.07, 6.45) is -7.53. The highest BCUT2D eigenvalue weighted by atomic mass is 19.4. The Labute approximate surface area is 162 Å². The quantitative estimate of drug-likeness (QED) is 0.511. The van der Waals surface area contributed by atoms with Crippen molar-refractivity contribution in [1.82, 2.24) is 9.88 Å². The topological polar surface area (TPSA) is 109 Å². The number of phenolic OH excluding ortho intramolecular Hbond substituents is 1. The van der Waals surface area contributed by atoms with E-state index in [-0.39, 0.29) is 30.0 Å². The summed E-state index contributed by atoms with van der Waals surface area (Å²) < 4.78 is 58.2. The fourth-order valence-corrected chi connectivity index (χ4v) is 3.10. The molecule has 0 radical (unpaired) electrons. The third-order valence-corrected chi connectivity index (χ3v) is 4.50. The van der Waals surface area contributed by atoms with Gasteiger partial charge in [-0.2, -0.15) is 13.2 Å². The zero-order valence-corrected chi connectivity index (χ0v) is 14.8. The van der Waals surface area contributed by atoms with Crippen LogP contribution in [0.15, 0.2) is 30.3 Å². The summed E-state index contributed by atoms with van der Waals surface area (Å²) in [7, 11) is 0. The van der Waals surface area contributed by atoms with E-state index in [1.165, 1.54) is 18.2 Å². The highest BCUT2D eigenvalue weighted by Gasteiger charge is 2.41. The Balaban J connectivity index is 1.97. The first-order valence-corrected chi connectivity index (χ1v) is 8.46. The van der Waals surface area contributed by atoms with Gasteiger partial charge in [-0.1, -0.05) is 6.07 Å². The van der Waals surface area contributed by atoms with Gasteiger partial charge in [-0.3, -0.25) is 4.79 Å². The second kappa shape index (κ2) is 7.84. The Morgan fingerprint density at radius 1 is 1.31 bits per heavy atom. The van der Waals surface area contributed by atoms with Gasteiger partial charge >= 0.3 is 6.18 Å². The number of ether oxygens (including phenoxy) is 1. The van der Waals surface area contributed by atoms with Crippen LogP contribution in [0, 0.1) is 0 Å². The van der Waals surface area contributed by atoms with E-state index in [1.807, 2.05) is 0 Å². The van der Waals surface area contributed by atoms with E-state index in [9.17, 15) is 32.6 Å². The molecule has 0 saturated carbocycles. The number of aromatic hydroxyl groups is 1. The maximum Gasteiger partial charge on any atom is 0.433 e. The number of pyridine rings is 1. The number of halogens is 4. The number of aromatic nitrogens is 1. The van der Waals surface area contributed by atoms with Crippen molar-refractivity contribution in [3.63, 3.8) is 0 Å². The molecule has 1 saturated heterocycles. The molecule has 7 nitrogen and oxygen atoms in total. The Kier molecular flexibility index (Phi) is 5.62. The molecule has 1 aromatic carbocycles. The minimum Gasteiger partial charge on any atom is -0.504 e. The second-order valence-corrected chi connectivity index (χ2v) is 6.48. The van der Waals surface area contributed by atoms with Gasteiger partial charge in [0.05, 0.1) is 12.6 Å². The molecule has 1 aromatic heterocycles. The minimum absolute atomic E-state index is 0.108. The van der Waals surface area contributed by atoms with Crippen LogP contribution in [-0.4, -0.2) is 45.3 Å². The van der Waals surface area contributed by atoms with Gasteiger partial charge in [0.2, 0.25) is 12.3 Å². The van der Waals surface area contributed by atoms with Gasteiger partial charge in [0, 0.05) is 12.6 Å². The van der Waals surface area contributed by atoms with Crippen LogP contribution < -0.4 is 10.5 Å². The maximum absolute atomic E-state index is 13.8. The molecule has 0 spiro atoms. The Hall–Kier alpha value is -2.92. The number of phenols is 1. The molecular formula is C18H17F4N3O4. The van der Waals surface area contributed by atoms with Crippen LogP contribution >= 0.6 is 0 Å². The predicted molar refractivity (Wildman–Crippen MR) is 91.7 cm³/mol. The number of hydrogen-bond acceptors (Lipinski definition) is 6. The van der Waals surface area contributed by atoms with Crippen LogP contribution in [0.25, 0.3) is 0 Å². The molecule has 4 N–H and O–H groups in total. The molecule has 1 fully saturated rings. The molecule has 1 aliphatic rings. The van der Waals surface area contributed by atoms with Crippen molar-refractivity contribution in [2.45, 2.75) is 31.0 Å². The number of amides is 1. The van der Waals surface area contributed by atoms with Crippen LogP contribution in [0.1, 0.15) is 22.9 Å².